The first-order chi connectivity index (χ1) is 10.5. The second-order valence-electron chi connectivity index (χ2n) is 4.32. The lowest BCUT2D eigenvalue weighted by atomic mass is 10.2. The molecule has 2 aromatic carbocycles. The Hall–Kier alpha value is -2.96. The van der Waals surface area contributed by atoms with Crippen molar-refractivity contribution in [1.29, 1.82) is 0 Å². The molecule has 2 rings (SSSR count). The van der Waals surface area contributed by atoms with Crippen molar-refractivity contribution in [1.82, 2.24) is 0 Å². The van der Waals surface area contributed by atoms with Crippen LogP contribution in [0.3, 0.4) is 0 Å². The van der Waals surface area contributed by atoms with E-state index < -0.39 is 30.1 Å². The highest BCUT2D eigenvalue weighted by atomic mass is 19.1. The molecule has 0 aromatic heterocycles. The van der Waals surface area contributed by atoms with E-state index in [1.165, 1.54) is 12.1 Å². The maximum absolute atomic E-state index is 13.4. The largest absolute Gasteiger partial charge is 0.483 e. The number of primary amides is 1. The van der Waals surface area contributed by atoms with Gasteiger partial charge in [0.25, 0.3) is 11.8 Å². The number of anilines is 1. The molecule has 7 heteroatoms. The predicted molar refractivity (Wildman–Crippen MR) is 75.4 cm³/mol. The summed E-state index contributed by atoms with van der Waals surface area (Å²) in [4.78, 5) is 22.9. The van der Waals surface area contributed by atoms with Gasteiger partial charge in [-0.1, -0.05) is 12.1 Å². The summed E-state index contributed by atoms with van der Waals surface area (Å²) in [5, 5.41) is 2.23. The van der Waals surface area contributed by atoms with Gasteiger partial charge in [-0.25, -0.2) is 8.78 Å². The topological polar surface area (TPSA) is 81.4 Å². The monoisotopic (exact) mass is 306 g/mol. The molecule has 0 aliphatic heterocycles. The summed E-state index contributed by atoms with van der Waals surface area (Å²) >= 11 is 0. The minimum atomic E-state index is -0.897. The first-order valence-electron chi connectivity index (χ1n) is 6.24. The minimum absolute atomic E-state index is 0.128. The zero-order chi connectivity index (χ0) is 16.1. The molecule has 0 unspecified atom stereocenters. The van der Waals surface area contributed by atoms with Crippen LogP contribution in [0.15, 0.2) is 42.5 Å². The number of benzene rings is 2. The number of hydrogen-bond donors (Lipinski definition) is 2. The van der Waals surface area contributed by atoms with Crippen molar-refractivity contribution < 1.29 is 23.1 Å². The maximum Gasteiger partial charge on any atom is 0.262 e. The Labute approximate surface area is 124 Å². The molecule has 0 atom stereocenters. The van der Waals surface area contributed by atoms with Crippen molar-refractivity contribution in [2.75, 3.05) is 11.9 Å². The summed E-state index contributed by atoms with van der Waals surface area (Å²) in [5.41, 5.74) is 5.13. The standard InChI is InChI=1S/C15H12F2N2O3/c16-9-5-6-12(11(17)7-9)19-14(20)8-22-13-4-2-1-3-10(13)15(18)21/h1-7H,8H2,(H2,18,21)(H,19,20). The quantitative estimate of drug-likeness (QED) is 0.887. The molecular formula is C15H12F2N2O3. The van der Waals surface area contributed by atoms with Crippen LogP contribution in [0.2, 0.25) is 0 Å². The molecule has 0 saturated heterocycles. The lowest BCUT2D eigenvalue weighted by Gasteiger charge is -2.10. The van der Waals surface area contributed by atoms with Gasteiger partial charge in [0.05, 0.1) is 11.3 Å². The van der Waals surface area contributed by atoms with Gasteiger partial charge < -0.3 is 15.8 Å². The van der Waals surface area contributed by atoms with Gasteiger partial charge in [-0.2, -0.15) is 0 Å². The average molecular weight is 306 g/mol. The van der Waals surface area contributed by atoms with Crippen molar-refractivity contribution >= 4 is 17.5 Å². The number of nitrogens with two attached hydrogens (primary N) is 1. The van der Waals surface area contributed by atoms with E-state index in [1.807, 2.05) is 0 Å². The van der Waals surface area contributed by atoms with E-state index in [1.54, 1.807) is 12.1 Å². The van der Waals surface area contributed by atoms with Crippen LogP contribution >= 0.6 is 0 Å². The van der Waals surface area contributed by atoms with Crippen molar-refractivity contribution in [2.45, 2.75) is 0 Å². The fourth-order valence-corrected chi connectivity index (χ4v) is 1.72. The molecule has 0 radical (unpaired) electrons. The van der Waals surface area contributed by atoms with Crippen LogP contribution in [0.25, 0.3) is 0 Å². The summed E-state index contributed by atoms with van der Waals surface area (Å²) in [7, 11) is 0. The summed E-state index contributed by atoms with van der Waals surface area (Å²) < 4.78 is 31.3. The number of rotatable bonds is 5. The van der Waals surface area contributed by atoms with Gasteiger partial charge in [0.1, 0.15) is 17.4 Å². The molecule has 0 bridgehead atoms. The highest BCUT2D eigenvalue weighted by Gasteiger charge is 2.12. The highest BCUT2D eigenvalue weighted by molar-refractivity contribution is 5.96. The summed E-state index contributed by atoms with van der Waals surface area (Å²) in [5.74, 6) is -2.86. The van der Waals surface area contributed by atoms with E-state index in [-0.39, 0.29) is 17.0 Å². The fraction of sp³-hybridized carbons (Fsp3) is 0.0667. The number of nitrogens with one attached hydrogen (secondary N) is 1. The van der Waals surface area contributed by atoms with Crippen LogP contribution in [0.4, 0.5) is 14.5 Å². The second kappa shape index (κ2) is 6.66. The molecular weight excluding hydrogens is 294 g/mol. The Morgan fingerprint density at radius 1 is 1.14 bits per heavy atom. The van der Waals surface area contributed by atoms with Gasteiger partial charge in [-0.05, 0) is 24.3 Å². The van der Waals surface area contributed by atoms with Gasteiger partial charge in [-0.15, -0.1) is 0 Å². The van der Waals surface area contributed by atoms with Crippen LogP contribution in [-0.4, -0.2) is 18.4 Å². The Morgan fingerprint density at radius 3 is 2.55 bits per heavy atom. The number of carbonyl (C=O) groups is 2. The molecule has 22 heavy (non-hydrogen) atoms. The molecule has 0 aliphatic carbocycles. The molecule has 3 N–H and O–H groups in total. The van der Waals surface area contributed by atoms with Crippen LogP contribution in [0.1, 0.15) is 10.4 Å². The van der Waals surface area contributed by atoms with E-state index in [0.717, 1.165) is 12.1 Å². The van der Waals surface area contributed by atoms with E-state index in [0.29, 0.717) is 6.07 Å². The fourth-order valence-electron chi connectivity index (χ4n) is 1.72. The van der Waals surface area contributed by atoms with Crippen LogP contribution in [-0.2, 0) is 4.79 Å². The lowest BCUT2D eigenvalue weighted by Crippen LogP contribution is -2.22. The molecule has 5 nitrogen and oxygen atoms in total. The average Bonchev–Trinajstić information content (AvgIpc) is 2.48. The third-order valence-electron chi connectivity index (χ3n) is 2.72. The predicted octanol–water partition coefficient (Wildman–Crippen LogP) is 2.08. The number of hydrogen-bond acceptors (Lipinski definition) is 3. The molecule has 2 amide bonds. The third kappa shape index (κ3) is 3.78. The summed E-state index contributed by atoms with van der Waals surface area (Å²) in [6.07, 6.45) is 0. The number of carbonyl (C=O) groups excluding carboxylic acids is 2. The first kappa shape index (κ1) is 15.4. The molecule has 0 aliphatic rings. The highest BCUT2D eigenvalue weighted by Crippen LogP contribution is 2.18. The zero-order valence-electron chi connectivity index (χ0n) is 11.3. The molecule has 0 spiro atoms. The van der Waals surface area contributed by atoms with Gasteiger partial charge in [-0.3, -0.25) is 9.59 Å². The second-order valence-corrected chi connectivity index (χ2v) is 4.32. The van der Waals surface area contributed by atoms with Crippen molar-refractivity contribution in [3.63, 3.8) is 0 Å². The molecule has 2 aromatic rings. The van der Waals surface area contributed by atoms with E-state index in [4.69, 9.17) is 10.5 Å². The van der Waals surface area contributed by atoms with Crippen LogP contribution < -0.4 is 15.8 Å². The normalized spacial score (nSPS) is 10.1. The molecule has 0 fully saturated rings. The van der Waals surface area contributed by atoms with Gasteiger partial charge in [0.15, 0.2) is 6.61 Å². The summed E-state index contributed by atoms with van der Waals surface area (Å²) in [6, 6.07) is 8.90. The van der Waals surface area contributed by atoms with Gasteiger partial charge >= 0.3 is 0 Å². The minimum Gasteiger partial charge on any atom is -0.483 e. The third-order valence-corrected chi connectivity index (χ3v) is 2.72. The van der Waals surface area contributed by atoms with Crippen LogP contribution in [0, 0.1) is 11.6 Å². The Bertz CT molecular complexity index is 720. The van der Waals surface area contributed by atoms with Crippen molar-refractivity contribution in [3.05, 3.63) is 59.7 Å². The number of para-hydroxylation sites is 1. The lowest BCUT2D eigenvalue weighted by molar-refractivity contribution is -0.118. The number of halogens is 2. The first-order valence-corrected chi connectivity index (χ1v) is 6.24. The SMILES string of the molecule is NC(=O)c1ccccc1OCC(=O)Nc1ccc(F)cc1F. The maximum atomic E-state index is 13.4. The van der Waals surface area contributed by atoms with Crippen molar-refractivity contribution in [3.8, 4) is 5.75 Å². The van der Waals surface area contributed by atoms with Crippen molar-refractivity contribution in [2.24, 2.45) is 5.73 Å². The van der Waals surface area contributed by atoms with E-state index >= 15 is 0 Å². The zero-order valence-corrected chi connectivity index (χ0v) is 11.3. The Morgan fingerprint density at radius 2 is 1.86 bits per heavy atom. The van der Waals surface area contributed by atoms with E-state index in [2.05, 4.69) is 5.32 Å². The Kier molecular flexibility index (Phi) is 4.67. The molecule has 0 heterocycles. The van der Waals surface area contributed by atoms with Crippen LogP contribution in [0.5, 0.6) is 5.75 Å². The number of amides is 2. The number of ether oxygens (including phenoxy) is 1. The Balaban J connectivity index is 2.00. The summed E-state index contributed by atoms with van der Waals surface area (Å²) in [6.45, 7) is -0.457. The van der Waals surface area contributed by atoms with Gasteiger partial charge in [0.2, 0.25) is 0 Å². The van der Waals surface area contributed by atoms with Gasteiger partial charge in [0, 0.05) is 6.07 Å². The van der Waals surface area contributed by atoms with E-state index in [9.17, 15) is 18.4 Å². The molecule has 0 saturated carbocycles. The smallest absolute Gasteiger partial charge is 0.262 e. The molecule has 114 valence electrons.